The zero-order valence-electron chi connectivity index (χ0n) is 19.0. The van der Waals surface area contributed by atoms with E-state index in [2.05, 4.69) is 131 Å². The van der Waals surface area contributed by atoms with Crippen molar-refractivity contribution in [3.8, 4) is 0 Å². The van der Waals surface area contributed by atoms with E-state index in [0.29, 0.717) is 17.8 Å². The van der Waals surface area contributed by atoms with Crippen molar-refractivity contribution in [1.29, 1.82) is 0 Å². The molecule has 0 spiro atoms. The molecule has 3 unspecified atom stereocenters. The van der Waals surface area contributed by atoms with Gasteiger partial charge < -0.3 is 0 Å². The monoisotopic (exact) mass is 436 g/mol. The van der Waals surface area contributed by atoms with Gasteiger partial charge in [0.1, 0.15) is 0 Å². The first kappa shape index (κ1) is 26.1. The van der Waals surface area contributed by atoms with Crippen LogP contribution in [0.15, 0.2) is 103 Å². The Balaban J connectivity index is 0.00000193. The molecule has 0 bridgehead atoms. The maximum Gasteiger partial charge on any atom is 0.00638 e. The summed E-state index contributed by atoms with van der Waals surface area (Å²) >= 11 is 0. The van der Waals surface area contributed by atoms with Gasteiger partial charge in [0.2, 0.25) is 0 Å². The second kappa shape index (κ2) is 11.7. The highest BCUT2D eigenvalue weighted by Crippen LogP contribution is 2.37. The average Bonchev–Trinajstić information content (AvgIpc) is 2.84. The van der Waals surface area contributed by atoms with Gasteiger partial charge in [-0.2, -0.15) is 0 Å². The van der Waals surface area contributed by atoms with Crippen LogP contribution in [0.4, 0.5) is 0 Å². The summed E-state index contributed by atoms with van der Waals surface area (Å²) in [6.45, 7) is 9.31. The fourth-order valence-electron chi connectivity index (χ4n) is 4.71. The van der Waals surface area contributed by atoms with Crippen molar-refractivity contribution < 1.29 is 0 Å². The van der Waals surface area contributed by atoms with Crippen molar-refractivity contribution in [3.05, 3.63) is 142 Å². The van der Waals surface area contributed by atoms with Gasteiger partial charge in [0.15, 0.2) is 0 Å². The highest BCUT2D eigenvalue weighted by molar-refractivity contribution is 5.50. The van der Waals surface area contributed by atoms with Gasteiger partial charge in [0, 0.05) is 17.8 Å². The molecule has 0 fully saturated rings. The van der Waals surface area contributed by atoms with E-state index in [1.807, 2.05) is 0 Å². The normalized spacial score (nSPS) is 13.2. The Morgan fingerprint density at radius 2 is 0.727 bits per heavy atom. The van der Waals surface area contributed by atoms with Crippen LogP contribution < -0.4 is 0 Å². The lowest BCUT2D eigenvalue weighted by Crippen LogP contribution is -2.08. The molecule has 0 saturated heterocycles. The summed E-state index contributed by atoms with van der Waals surface area (Å²) in [5.41, 5.74) is 9.78. The molecule has 0 aliphatic rings. The van der Waals surface area contributed by atoms with E-state index >= 15 is 0 Å². The molecular weight excluding hydrogens is 396 g/mol. The first-order valence-corrected chi connectivity index (χ1v) is 11.4. The summed E-state index contributed by atoms with van der Waals surface area (Å²) in [5.74, 6) is 1.06. The SMILES string of the molecule is C.C.Cc1c(C(C)c2ccccc2)cc(C(C)c2ccccc2)cc1C(C)c1ccccc1. The smallest absolute Gasteiger partial charge is 0.00638 e. The molecule has 0 radical (unpaired) electrons. The van der Waals surface area contributed by atoms with Crippen LogP contribution in [0.25, 0.3) is 0 Å². The van der Waals surface area contributed by atoms with E-state index in [0.717, 1.165) is 0 Å². The maximum atomic E-state index is 2.45. The van der Waals surface area contributed by atoms with Crippen LogP contribution in [0.3, 0.4) is 0 Å². The molecule has 0 N–H and O–H groups in total. The van der Waals surface area contributed by atoms with Gasteiger partial charge in [-0.25, -0.2) is 0 Å². The highest BCUT2D eigenvalue weighted by atomic mass is 14.2. The van der Waals surface area contributed by atoms with Crippen molar-refractivity contribution in [2.45, 2.75) is 60.3 Å². The lowest BCUT2D eigenvalue weighted by atomic mass is 9.79. The Labute approximate surface area is 202 Å². The van der Waals surface area contributed by atoms with Gasteiger partial charge in [-0.05, 0) is 45.9 Å². The van der Waals surface area contributed by atoms with Crippen molar-refractivity contribution in [2.75, 3.05) is 0 Å². The molecule has 0 aliphatic heterocycles. The summed E-state index contributed by atoms with van der Waals surface area (Å²) < 4.78 is 0. The molecule has 4 aromatic carbocycles. The summed E-state index contributed by atoms with van der Waals surface area (Å²) in [4.78, 5) is 0. The minimum Gasteiger partial charge on any atom is -0.0776 e. The van der Waals surface area contributed by atoms with E-state index in [9.17, 15) is 0 Å². The third-order valence-corrected chi connectivity index (χ3v) is 6.84. The molecule has 0 aromatic heterocycles. The highest BCUT2D eigenvalue weighted by Gasteiger charge is 2.21. The van der Waals surface area contributed by atoms with Crippen LogP contribution in [0, 0.1) is 6.92 Å². The molecule has 0 heterocycles. The predicted molar refractivity (Wildman–Crippen MR) is 147 cm³/mol. The van der Waals surface area contributed by atoms with E-state index in [4.69, 9.17) is 0 Å². The first-order chi connectivity index (χ1) is 15.1. The minimum atomic E-state index is 0. The standard InChI is InChI=1S/C31H32.2CH4/c1-22(26-14-8-5-9-15-26)29-20-30(23(2)27-16-10-6-11-17-27)25(4)31(21-29)24(3)28-18-12-7-13-19-28;;/h5-24H,1-4H3;2*1H4. The quantitative estimate of drug-likeness (QED) is 0.282. The van der Waals surface area contributed by atoms with Crippen LogP contribution in [0.5, 0.6) is 0 Å². The van der Waals surface area contributed by atoms with Crippen molar-refractivity contribution in [3.63, 3.8) is 0 Å². The number of benzene rings is 4. The second-order valence-corrected chi connectivity index (χ2v) is 8.72. The number of hydrogen-bond acceptors (Lipinski definition) is 0. The Morgan fingerprint density at radius 1 is 0.424 bits per heavy atom. The van der Waals surface area contributed by atoms with E-state index < -0.39 is 0 Å². The Morgan fingerprint density at radius 3 is 1.06 bits per heavy atom. The first-order valence-electron chi connectivity index (χ1n) is 11.4. The molecule has 0 aliphatic carbocycles. The van der Waals surface area contributed by atoms with Crippen LogP contribution in [-0.4, -0.2) is 0 Å². The summed E-state index contributed by atoms with van der Waals surface area (Å²) in [6.07, 6.45) is 0. The van der Waals surface area contributed by atoms with Crippen molar-refractivity contribution in [2.24, 2.45) is 0 Å². The predicted octanol–water partition coefficient (Wildman–Crippen LogP) is 9.72. The Bertz CT molecular complexity index is 1040. The van der Waals surface area contributed by atoms with E-state index in [1.165, 1.54) is 38.9 Å². The third kappa shape index (κ3) is 5.63. The number of hydrogen-bond donors (Lipinski definition) is 0. The number of rotatable bonds is 6. The van der Waals surface area contributed by atoms with Gasteiger partial charge in [0.05, 0.1) is 0 Å². The van der Waals surface area contributed by atoms with Gasteiger partial charge >= 0.3 is 0 Å². The topological polar surface area (TPSA) is 0 Å². The average molecular weight is 437 g/mol. The van der Waals surface area contributed by atoms with Gasteiger partial charge in [-0.15, -0.1) is 0 Å². The molecule has 0 nitrogen and oxygen atoms in total. The van der Waals surface area contributed by atoms with Gasteiger partial charge in [0.25, 0.3) is 0 Å². The van der Waals surface area contributed by atoms with Gasteiger partial charge in [-0.1, -0.05) is 139 Å². The molecule has 4 rings (SSSR count). The molecule has 0 amide bonds. The van der Waals surface area contributed by atoms with E-state index in [-0.39, 0.29) is 14.9 Å². The van der Waals surface area contributed by atoms with Crippen molar-refractivity contribution >= 4 is 0 Å². The summed E-state index contributed by atoms with van der Waals surface area (Å²) in [5, 5.41) is 0. The van der Waals surface area contributed by atoms with Crippen molar-refractivity contribution in [1.82, 2.24) is 0 Å². The fourth-order valence-corrected chi connectivity index (χ4v) is 4.71. The van der Waals surface area contributed by atoms with Crippen LogP contribution >= 0.6 is 0 Å². The molecule has 0 heteroatoms. The van der Waals surface area contributed by atoms with Crippen LogP contribution in [0.1, 0.15) is 92.3 Å². The molecule has 33 heavy (non-hydrogen) atoms. The van der Waals surface area contributed by atoms with Crippen LogP contribution in [0.2, 0.25) is 0 Å². The molecular formula is C33H40. The Kier molecular flexibility index (Phi) is 9.23. The lowest BCUT2D eigenvalue weighted by Gasteiger charge is -2.25. The molecule has 4 aromatic rings. The largest absolute Gasteiger partial charge is 0.0776 e. The lowest BCUT2D eigenvalue weighted by molar-refractivity contribution is 0.840. The minimum absolute atomic E-state index is 0. The zero-order valence-corrected chi connectivity index (χ0v) is 19.0. The van der Waals surface area contributed by atoms with E-state index in [1.54, 1.807) is 0 Å². The van der Waals surface area contributed by atoms with Gasteiger partial charge in [-0.3, -0.25) is 0 Å². The molecule has 0 saturated carbocycles. The fraction of sp³-hybridized carbons (Fsp3) is 0.273. The Hall–Kier alpha value is -3.12. The maximum absolute atomic E-state index is 2.45. The summed E-state index contributed by atoms with van der Waals surface area (Å²) in [7, 11) is 0. The zero-order chi connectivity index (χ0) is 21.8. The van der Waals surface area contributed by atoms with Crippen LogP contribution in [-0.2, 0) is 0 Å². The second-order valence-electron chi connectivity index (χ2n) is 8.72. The third-order valence-electron chi connectivity index (χ3n) is 6.84. The molecule has 3 atom stereocenters. The summed E-state index contributed by atoms with van der Waals surface area (Å²) in [6, 6.07) is 37.5. The molecule has 172 valence electrons.